The normalized spacial score (nSPS) is 19.7. The standard InChI is InChI=1S/C22H21N5O6/c1-22(14-5-3-7-17(11-14)27(32)33)20(30)26(21(31)25-22)12-18(28)23-16-6-2-4-13(10-16)19(29)24-15-8-9-15/h2-7,10-11,15H,8-9,12H2,1H3,(H,23,28)(H,24,29)(H,25,31). The van der Waals surface area contributed by atoms with Gasteiger partial charge in [-0.2, -0.15) is 0 Å². The number of rotatable bonds is 7. The molecule has 2 aromatic rings. The maximum absolute atomic E-state index is 13.0. The van der Waals surface area contributed by atoms with Crippen molar-refractivity contribution >= 4 is 35.1 Å². The van der Waals surface area contributed by atoms with Gasteiger partial charge in [-0.3, -0.25) is 29.4 Å². The molecule has 2 aliphatic rings. The summed E-state index contributed by atoms with van der Waals surface area (Å²) in [5, 5.41) is 19.0. The van der Waals surface area contributed by atoms with Crippen LogP contribution in [0.25, 0.3) is 0 Å². The average molecular weight is 451 g/mol. The van der Waals surface area contributed by atoms with Gasteiger partial charge < -0.3 is 16.0 Å². The highest BCUT2D eigenvalue weighted by Crippen LogP contribution is 2.30. The van der Waals surface area contributed by atoms with Gasteiger partial charge in [-0.1, -0.05) is 18.2 Å². The Hall–Kier alpha value is -4.28. The van der Waals surface area contributed by atoms with Gasteiger partial charge >= 0.3 is 6.03 Å². The molecule has 5 amide bonds. The topological polar surface area (TPSA) is 151 Å². The second-order valence-electron chi connectivity index (χ2n) is 8.13. The number of nitrogens with zero attached hydrogens (tertiary/aromatic N) is 2. The number of carbonyl (C=O) groups excluding carboxylic acids is 4. The minimum Gasteiger partial charge on any atom is -0.349 e. The van der Waals surface area contributed by atoms with Crippen LogP contribution in [0.1, 0.15) is 35.7 Å². The van der Waals surface area contributed by atoms with E-state index in [1.165, 1.54) is 37.3 Å². The number of carbonyl (C=O) groups is 4. The fourth-order valence-corrected chi connectivity index (χ4v) is 3.55. The van der Waals surface area contributed by atoms with Gasteiger partial charge in [0.05, 0.1) is 4.92 Å². The van der Waals surface area contributed by atoms with Crippen molar-refractivity contribution in [1.82, 2.24) is 15.5 Å². The Labute approximate surface area is 188 Å². The summed E-state index contributed by atoms with van der Waals surface area (Å²) in [5.41, 5.74) is -0.820. The molecule has 1 unspecified atom stereocenters. The van der Waals surface area contributed by atoms with Crippen molar-refractivity contribution in [2.45, 2.75) is 31.3 Å². The lowest BCUT2D eigenvalue weighted by molar-refractivity contribution is -0.385. The monoisotopic (exact) mass is 451 g/mol. The Morgan fingerprint density at radius 1 is 1.18 bits per heavy atom. The smallest absolute Gasteiger partial charge is 0.325 e. The first-order valence-electron chi connectivity index (χ1n) is 10.3. The third-order valence-corrected chi connectivity index (χ3v) is 5.53. The van der Waals surface area contributed by atoms with Gasteiger partial charge in [-0.05, 0) is 43.5 Å². The van der Waals surface area contributed by atoms with Gasteiger partial charge in [-0.15, -0.1) is 0 Å². The number of urea groups is 1. The third kappa shape index (κ3) is 4.52. The van der Waals surface area contributed by atoms with Gasteiger partial charge in [0.2, 0.25) is 5.91 Å². The Kier molecular flexibility index (Phi) is 5.54. The van der Waals surface area contributed by atoms with Gasteiger partial charge in [0.15, 0.2) is 0 Å². The quantitative estimate of drug-likeness (QED) is 0.332. The van der Waals surface area contributed by atoms with Crippen molar-refractivity contribution in [3.05, 3.63) is 69.8 Å². The molecule has 1 heterocycles. The van der Waals surface area contributed by atoms with Crippen LogP contribution in [-0.2, 0) is 15.1 Å². The van der Waals surface area contributed by atoms with Crippen molar-refractivity contribution in [3.63, 3.8) is 0 Å². The predicted molar refractivity (Wildman–Crippen MR) is 116 cm³/mol. The summed E-state index contributed by atoms with van der Waals surface area (Å²) >= 11 is 0. The number of hydrogen-bond acceptors (Lipinski definition) is 6. The fraction of sp³-hybridized carbons (Fsp3) is 0.273. The van der Waals surface area contributed by atoms with Crippen molar-refractivity contribution in [2.24, 2.45) is 0 Å². The van der Waals surface area contributed by atoms with Gasteiger partial charge in [0.1, 0.15) is 12.1 Å². The zero-order valence-electron chi connectivity index (χ0n) is 17.7. The number of anilines is 1. The molecule has 0 aromatic heterocycles. The molecule has 11 heteroatoms. The highest BCUT2D eigenvalue weighted by molar-refractivity contribution is 6.10. The van der Waals surface area contributed by atoms with E-state index in [2.05, 4.69) is 16.0 Å². The van der Waals surface area contributed by atoms with Crippen LogP contribution < -0.4 is 16.0 Å². The summed E-state index contributed by atoms with van der Waals surface area (Å²) in [6.45, 7) is 0.861. The average Bonchev–Trinajstić information content (AvgIpc) is 3.57. The van der Waals surface area contributed by atoms with E-state index < -0.39 is 34.9 Å². The first-order valence-corrected chi connectivity index (χ1v) is 10.3. The Morgan fingerprint density at radius 3 is 2.61 bits per heavy atom. The summed E-state index contributed by atoms with van der Waals surface area (Å²) in [5.74, 6) is -1.59. The highest BCUT2D eigenvalue weighted by Gasteiger charge is 2.49. The summed E-state index contributed by atoms with van der Waals surface area (Å²) in [6.07, 6.45) is 1.90. The maximum atomic E-state index is 13.0. The molecule has 1 atom stereocenters. The summed E-state index contributed by atoms with van der Waals surface area (Å²) < 4.78 is 0. The molecule has 33 heavy (non-hydrogen) atoms. The molecule has 1 aliphatic heterocycles. The predicted octanol–water partition coefficient (Wildman–Crippen LogP) is 1.89. The number of nitro benzene ring substituents is 1. The van der Waals surface area contributed by atoms with Crippen LogP contribution >= 0.6 is 0 Å². The van der Waals surface area contributed by atoms with Crippen molar-refractivity contribution in [1.29, 1.82) is 0 Å². The molecule has 1 saturated carbocycles. The zero-order valence-corrected chi connectivity index (χ0v) is 17.7. The second-order valence-corrected chi connectivity index (χ2v) is 8.13. The number of hydrogen-bond donors (Lipinski definition) is 3. The van der Waals surface area contributed by atoms with Crippen LogP contribution in [0.3, 0.4) is 0 Å². The number of nitrogens with one attached hydrogen (secondary N) is 3. The SMILES string of the molecule is CC1(c2cccc([N+](=O)[O-])c2)NC(=O)N(CC(=O)Nc2cccc(C(=O)NC3CC3)c2)C1=O. The fourth-order valence-electron chi connectivity index (χ4n) is 3.55. The van der Waals surface area contributed by atoms with E-state index in [0.29, 0.717) is 11.3 Å². The van der Waals surface area contributed by atoms with Crippen LogP contribution in [0.5, 0.6) is 0 Å². The van der Waals surface area contributed by atoms with Crippen molar-refractivity contribution in [3.8, 4) is 0 Å². The number of amides is 5. The maximum Gasteiger partial charge on any atom is 0.325 e. The number of non-ortho nitro benzene ring substituents is 1. The Morgan fingerprint density at radius 2 is 1.91 bits per heavy atom. The summed E-state index contributed by atoms with van der Waals surface area (Å²) in [4.78, 5) is 61.4. The molecular weight excluding hydrogens is 430 g/mol. The third-order valence-electron chi connectivity index (χ3n) is 5.53. The molecule has 2 aromatic carbocycles. The molecule has 11 nitrogen and oxygen atoms in total. The molecular formula is C22H21N5O6. The Balaban J connectivity index is 1.45. The molecule has 1 saturated heterocycles. The highest BCUT2D eigenvalue weighted by atomic mass is 16.6. The van der Waals surface area contributed by atoms with Crippen LogP contribution in [0.4, 0.5) is 16.2 Å². The van der Waals surface area contributed by atoms with Crippen LogP contribution in [0.15, 0.2) is 48.5 Å². The van der Waals surface area contributed by atoms with Crippen molar-refractivity contribution in [2.75, 3.05) is 11.9 Å². The molecule has 0 bridgehead atoms. The lowest BCUT2D eigenvalue weighted by atomic mass is 9.91. The zero-order chi connectivity index (χ0) is 23.8. The molecule has 4 rings (SSSR count). The van der Waals surface area contributed by atoms with E-state index in [1.54, 1.807) is 18.2 Å². The first-order chi connectivity index (χ1) is 15.7. The van der Waals surface area contributed by atoms with Gasteiger partial charge in [0, 0.05) is 29.4 Å². The second kappa shape index (κ2) is 8.34. The van der Waals surface area contributed by atoms with E-state index in [4.69, 9.17) is 0 Å². The van der Waals surface area contributed by atoms with E-state index in [1.807, 2.05) is 0 Å². The van der Waals surface area contributed by atoms with Gasteiger partial charge in [-0.25, -0.2) is 4.79 Å². The lowest BCUT2D eigenvalue weighted by Crippen LogP contribution is -2.42. The van der Waals surface area contributed by atoms with E-state index in [0.717, 1.165) is 17.7 Å². The van der Waals surface area contributed by atoms with Gasteiger partial charge in [0.25, 0.3) is 17.5 Å². The van der Waals surface area contributed by atoms with E-state index >= 15 is 0 Å². The minimum absolute atomic E-state index is 0.191. The molecule has 2 fully saturated rings. The number of benzene rings is 2. The lowest BCUT2D eigenvalue weighted by Gasteiger charge is -2.22. The minimum atomic E-state index is -1.55. The van der Waals surface area contributed by atoms with Crippen LogP contribution in [0, 0.1) is 10.1 Å². The summed E-state index contributed by atoms with van der Waals surface area (Å²) in [6, 6.07) is 11.1. The molecule has 0 radical (unpaired) electrons. The largest absolute Gasteiger partial charge is 0.349 e. The van der Waals surface area contributed by atoms with Crippen molar-refractivity contribution < 1.29 is 24.1 Å². The molecule has 0 spiro atoms. The molecule has 170 valence electrons. The molecule has 3 N–H and O–H groups in total. The van der Waals surface area contributed by atoms with E-state index in [9.17, 15) is 29.3 Å². The number of nitro groups is 1. The van der Waals surface area contributed by atoms with Crippen LogP contribution in [-0.4, -0.2) is 46.2 Å². The number of imide groups is 1. The first kappa shape index (κ1) is 21.9. The van der Waals surface area contributed by atoms with Crippen LogP contribution in [0.2, 0.25) is 0 Å². The Bertz CT molecular complexity index is 1180. The summed E-state index contributed by atoms with van der Waals surface area (Å²) in [7, 11) is 0. The van der Waals surface area contributed by atoms with E-state index in [-0.39, 0.29) is 23.2 Å². The molecule has 1 aliphatic carbocycles.